The standard InChI is InChI=1S/C22H25N3O3S/c1-22(29(23,27)28,17-7-5-4-6-8-17)15-18-11-14-20(24-18)21(26)16-9-12-19(13-10-16)25(2)3/h4-14,24H,15H2,1-3H3,(H2,23,27,28). The number of sulfonamides is 1. The molecule has 3 aromatic rings. The molecule has 0 saturated carbocycles. The minimum Gasteiger partial charge on any atom is -0.378 e. The lowest BCUT2D eigenvalue weighted by Crippen LogP contribution is -2.40. The van der Waals surface area contributed by atoms with E-state index in [1.165, 1.54) is 0 Å². The zero-order valence-corrected chi connectivity index (χ0v) is 17.5. The quantitative estimate of drug-likeness (QED) is 0.584. The summed E-state index contributed by atoms with van der Waals surface area (Å²) in [7, 11) is -0.0337. The first-order valence-corrected chi connectivity index (χ1v) is 10.7. The van der Waals surface area contributed by atoms with E-state index in [1.54, 1.807) is 55.5 Å². The topological polar surface area (TPSA) is 96.3 Å². The molecule has 29 heavy (non-hydrogen) atoms. The van der Waals surface area contributed by atoms with Gasteiger partial charge >= 0.3 is 0 Å². The van der Waals surface area contributed by atoms with Crippen LogP contribution in [0.15, 0.2) is 66.7 Å². The number of carbonyl (C=O) groups is 1. The van der Waals surface area contributed by atoms with Gasteiger partial charge < -0.3 is 9.88 Å². The van der Waals surface area contributed by atoms with Crippen LogP contribution in [0.5, 0.6) is 0 Å². The fourth-order valence-corrected chi connectivity index (χ4v) is 4.08. The van der Waals surface area contributed by atoms with Gasteiger partial charge in [0.15, 0.2) is 0 Å². The van der Waals surface area contributed by atoms with Crippen LogP contribution >= 0.6 is 0 Å². The molecule has 0 aliphatic carbocycles. The van der Waals surface area contributed by atoms with Crippen molar-refractivity contribution in [2.75, 3.05) is 19.0 Å². The molecule has 0 bridgehead atoms. The zero-order valence-electron chi connectivity index (χ0n) is 16.7. The normalized spacial score (nSPS) is 13.7. The van der Waals surface area contributed by atoms with Gasteiger partial charge in [0.2, 0.25) is 15.8 Å². The number of primary sulfonamides is 1. The number of ketones is 1. The summed E-state index contributed by atoms with van der Waals surface area (Å²) in [4.78, 5) is 17.8. The summed E-state index contributed by atoms with van der Waals surface area (Å²) in [6, 6.07) is 19.6. The second-order valence-electron chi connectivity index (χ2n) is 7.49. The number of hydrogen-bond donors (Lipinski definition) is 2. The van der Waals surface area contributed by atoms with Crippen molar-refractivity contribution in [3.05, 3.63) is 89.2 Å². The molecule has 152 valence electrons. The van der Waals surface area contributed by atoms with Crippen molar-refractivity contribution in [3.63, 3.8) is 0 Å². The highest BCUT2D eigenvalue weighted by atomic mass is 32.2. The Hall–Kier alpha value is -2.90. The molecule has 0 aliphatic heterocycles. The number of nitrogens with two attached hydrogens (primary N) is 1. The van der Waals surface area contributed by atoms with Gasteiger partial charge in [-0.05, 0) is 48.9 Å². The fraction of sp³-hybridized carbons (Fsp3) is 0.227. The van der Waals surface area contributed by atoms with Crippen LogP contribution in [-0.4, -0.2) is 33.3 Å². The SMILES string of the molecule is CN(C)c1ccc(C(=O)c2ccc(CC(C)(c3ccccc3)S(N)(=O)=O)[nH]2)cc1. The Morgan fingerprint density at radius 1 is 1.00 bits per heavy atom. The minimum absolute atomic E-state index is 0.128. The molecule has 1 atom stereocenters. The summed E-state index contributed by atoms with van der Waals surface area (Å²) in [5.41, 5.74) is 3.19. The third-order valence-corrected chi connectivity index (χ3v) is 6.81. The Labute approximate surface area is 171 Å². The molecule has 1 aromatic heterocycles. The predicted octanol–water partition coefficient (Wildman–Crippen LogP) is 3.06. The van der Waals surface area contributed by atoms with E-state index >= 15 is 0 Å². The van der Waals surface area contributed by atoms with Crippen molar-refractivity contribution < 1.29 is 13.2 Å². The highest BCUT2D eigenvalue weighted by Crippen LogP contribution is 2.32. The molecule has 1 heterocycles. The lowest BCUT2D eigenvalue weighted by molar-refractivity contribution is 0.103. The van der Waals surface area contributed by atoms with Crippen molar-refractivity contribution in [2.45, 2.75) is 18.1 Å². The second kappa shape index (κ2) is 7.85. The number of carbonyl (C=O) groups excluding carboxylic acids is 1. The van der Waals surface area contributed by atoms with Crippen molar-refractivity contribution in [1.82, 2.24) is 4.98 Å². The predicted molar refractivity (Wildman–Crippen MR) is 116 cm³/mol. The van der Waals surface area contributed by atoms with Crippen LogP contribution in [0.2, 0.25) is 0 Å². The van der Waals surface area contributed by atoms with E-state index < -0.39 is 14.8 Å². The van der Waals surface area contributed by atoms with Crippen LogP contribution in [0.3, 0.4) is 0 Å². The van der Waals surface area contributed by atoms with Crippen LogP contribution in [-0.2, 0) is 21.2 Å². The maximum absolute atomic E-state index is 12.8. The molecule has 1 unspecified atom stereocenters. The number of nitrogens with one attached hydrogen (secondary N) is 1. The lowest BCUT2D eigenvalue weighted by atomic mass is 9.95. The molecule has 3 rings (SSSR count). The number of anilines is 1. The number of nitrogens with zero attached hydrogens (tertiary/aromatic N) is 1. The number of rotatable bonds is 7. The van der Waals surface area contributed by atoms with E-state index in [4.69, 9.17) is 5.14 Å². The van der Waals surface area contributed by atoms with Crippen LogP contribution in [0.4, 0.5) is 5.69 Å². The first kappa shape index (κ1) is 20.8. The van der Waals surface area contributed by atoms with E-state index in [1.807, 2.05) is 37.2 Å². The summed E-state index contributed by atoms with van der Waals surface area (Å²) in [5, 5.41) is 5.58. The average molecular weight is 412 g/mol. The van der Waals surface area contributed by atoms with Gasteiger partial charge in [-0.1, -0.05) is 30.3 Å². The van der Waals surface area contributed by atoms with Gasteiger partial charge in [0.1, 0.15) is 4.75 Å². The van der Waals surface area contributed by atoms with Gasteiger partial charge in [0, 0.05) is 37.5 Å². The first-order valence-electron chi connectivity index (χ1n) is 9.20. The molecule has 2 aromatic carbocycles. The molecule has 0 amide bonds. The van der Waals surface area contributed by atoms with Crippen LogP contribution < -0.4 is 10.0 Å². The van der Waals surface area contributed by atoms with E-state index in [9.17, 15) is 13.2 Å². The van der Waals surface area contributed by atoms with E-state index in [-0.39, 0.29) is 12.2 Å². The van der Waals surface area contributed by atoms with Crippen LogP contribution in [0, 0.1) is 0 Å². The maximum Gasteiger partial charge on any atom is 0.219 e. The van der Waals surface area contributed by atoms with Gasteiger partial charge in [-0.15, -0.1) is 0 Å². The minimum atomic E-state index is -3.90. The van der Waals surface area contributed by atoms with Crippen molar-refractivity contribution in [1.29, 1.82) is 0 Å². The van der Waals surface area contributed by atoms with E-state index in [0.717, 1.165) is 5.69 Å². The molecule has 0 saturated heterocycles. The number of H-pyrrole nitrogens is 1. The largest absolute Gasteiger partial charge is 0.378 e. The van der Waals surface area contributed by atoms with Gasteiger partial charge in [0.25, 0.3) is 0 Å². The Balaban J connectivity index is 1.88. The highest BCUT2D eigenvalue weighted by molar-refractivity contribution is 7.90. The smallest absolute Gasteiger partial charge is 0.219 e. The Bertz CT molecular complexity index is 1100. The Morgan fingerprint density at radius 2 is 1.62 bits per heavy atom. The summed E-state index contributed by atoms with van der Waals surface area (Å²) in [6.45, 7) is 1.60. The highest BCUT2D eigenvalue weighted by Gasteiger charge is 2.39. The lowest BCUT2D eigenvalue weighted by Gasteiger charge is -2.27. The zero-order chi connectivity index (χ0) is 21.2. The van der Waals surface area contributed by atoms with Gasteiger partial charge in [-0.2, -0.15) is 0 Å². The molecule has 0 radical (unpaired) electrons. The molecule has 7 heteroatoms. The molecule has 3 N–H and O–H groups in total. The number of aromatic amines is 1. The van der Waals surface area contributed by atoms with Crippen LogP contribution in [0.1, 0.15) is 34.2 Å². The van der Waals surface area contributed by atoms with Crippen LogP contribution in [0.25, 0.3) is 0 Å². The second-order valence-corrected chi connectivity index (χ2v) is 9.48. The molecule has 0 fully saturated rings. The van der Waals surface area contributed by atoms with E-state index in [0.29, 0.717) is 22.5 Å². The third kappa shape index (κ3) is 4.26. The number of hydrogen-bond acceptors (Lipinski definition) is 4. The van der Waals surface area contributed by atoms with Gasteiger partial charge in [0.05, 0.1) is 5.69 Å². The van der Waals surface area contributed by atoms with Gasteiger partial charge in [-0.3, -0.25) is 4.79 Å². The molecule has 0 aliphatic rings. The maximum atomic E-state index is 12.8. The molecule has 6 nitrogen and oxygen atoms in total. The van der Waals surface area contributed by atoms with Crippen molar-refractivity contribution in [3.8, 4) is 0 Å². The average Bonchev–Trinajstić information content (AvgIpc) is 3.15. The Kier molecular flexibility index (Phi) is 5.64. The first-order chi connectivity index (χ1) is 13.6. The molecular weight excluding hydrogens is 386 g/mol. The molecular formula is C22H25N3O3S. The van der Waals surface area contributed by atoms with Gasteiger partial charge in [-0.25, -0.2) is 13.6 Å². The monoisotopic (exact) mass is 411 g/mol. The number of benzene rings is 2. The third-order valence-electron chi connectivity index (χ3n) is 5.18. The van der Waals surface area contributed by atoms with E-state index in [2.05, 4.69) is 4.98 Å². The van der Waals surface area contributed by atoms with Crippen molar-refractivity contribution in [2.24, 2.45) is 5.14 Å². The summed E-state index contributed by atoms with van der Waals surface area (Å²) < 4.78 is 23.5. The molecule has 0 spiro atoms. The number of aromatic nitrogens is 1. The Morgan fingerprint density at radius 3 is 2.17 bits per heavy atom. The van der Waals surface area contributed by atoms with Crippen molar-refractivity contribution >= 4 is 21.5 Å². The fourth-order valence-electron chi connectivity index (χ4n) is 3.26. The summed E-state index contributed by atoms with van der Waals surface area (Å²) in [6.07, 6.45) is 0.128. The summed E-state index contributed by atoms with van der Waals surface area (Å²) in [5.74, 6) is -0.154. The summed E-state index contributed by atoms with van der Waals surface area (Å²) >= 11 is 0.